The van der Waals surface area contributed by atoms with Crippen LogP contribution in [0.1, 0.15) is 16.7 Å². The summed E-state index contributed by atoms with van der Waals surface area (Å²) in [5.74, 6) is 0.310. The van der Waals surface area contributed by atoms with E-state index < -0.39 is 17.1 Å². The van der Waals surface area contributed by atoms with Crippen molar-refractivity contribution in [2.75, 3.05) is 13.7 Å². The molecule has 0 atom stereocenters. The van der Waals surface area contributed by atoms with Gasteiger partial charge in [-0.1, -0.05) is 66.7 Å². The Hall–Kier alpha value is -4.50. The predicted molar refractivity (Wildman–Crippen MR) is 178 cm³/mol. The topological polar surface area (TPSA) is 65.3 Å². The fraction of sp³-hybridized carbons (Fsp3) is 0.143. The molecule has 6 nitrogen and oxygen atoms in total. The van der Waals surface area contributed by atoms with Crippen molar-refractivity contribution in [1.82, 2.24) is 14.5 Å². The molecule has 2 heterocycles. The molecule has 0 fully saturated rings. The summed E-state index contributed by atoms with van der Waals surface area (Å²) in [6.45, 7) is 1.10. The first-order valence-corrected chi connectivity index (χ1v) is 14.9. The van der Waals surface area contributed by atoms with Crippen molar-refractivity contribution in [3.05, 3.63) is 153 Å². The van der Waals surface area contributed by atoms with E-state index in [1.807, 2.05) is 48.5 Å². The van der Waals surface area contributed by atoms with Crippen LogP contribution in [0.25, 0.3) is 26.3 Å². The summed E-state index contributed by atoms with van der Waals surface area (Å²) < 4.78 is 23.0. The number of aromatic nitrogens is 2. The second-order valence-corrected chi connectivity index (χ2v) is 11.2. The maximum Gasteiger partial charge on any atom is 0.337 e. The van der Waals surface area contributed by atoms with E-state index in [0.29, 0.717) is 34.6 Å². The molecule has 0 aliphatic rings. The van der Waals surface area contributed by atoms with Gasteiger partial charge in [0.05, 0.1) is 24.7 Å². The Morgan fingerprint density at radius 3 is 2.18 bits per heavy atom. The van der Waals surface area contributed by atoms with E-state index >= 15 is 0 Å². The fourth-order valence-electron chi connectivity index (χ4n) is 5.24. The summed E-state index contributed by atoms with van der Waals surface area (Å²) in [5.41, 5.74) is 2.83. The molecular formula is C35H31ClFN3O3S. The molecule has 0 spiro atoms. The third-order valence-corrected chi connectivity index (χ3v) is 8.76. The Bertz CT molecular complexity index is 1990. The highest BCUT2D eigenvalue weighted by Crippen LogP contribution is 2.38. The summed E-state index contributed by atoms with van der Waals surface area (Å²) in [4.78, 5) is 29.7. The average Bonchev–Trinajstić information content (AvgIpc) is 3.43. The smallest absolute Gasteiger partial charge is 0.337 e. The van der Waals surface area contributed by atoms with Crippen molar-refractivity contribution in [1.29, 1.82) is 0 Å². The van der Waals surface area contributed by atoms with Crippen LogP contribution in [0.15, 0.2) is 119 Å². The number of nitrogens with zero attached hydrogens (tertiary/aromatic N) is 2. The number of ether oxygens (including phenoxy) is 1. The molecule has 224 valence electrons. The van der Waals surface area contributed by atoms with Gasteiger partial charge >= 0.3 is 5.69 Å². The molecule has 44 heavy (non-hydrogen) atoms. The fourth-order valence-corrected chi connectivity index (χ4v) is 6.56. The zero-order valence-corrected chi connectivity index (χ0v) is 25.7. The summed E-state index contributed by atoms with van der Waals surface area (Å²) >= 11 is 1.38. The Labute approximate surface area is 264 Å². The van der Waals surface area contributed by atoms with Crippen LogP contribution in [0, 0.1) is 5.82 Å². The van der Waals surface area contributed by atoms with Gasteiger partial charge in [-0.25, -0.2) is 13.8 Å². The lowest BCUT2D eigenvalue weighted by Gasteiger charge is -2.13. The molecule has 0 aliphatic heterocycles. The highest BCUT2D eigenvalue weighted by atomic mass is 35.5. The maximum atomic E-state index is 14.9. The zero-order chi connectivity index (χ0) is 29.8. The molecule has 6 aromatic rings. The molecule has 6 rings (SSSR count). The highest BCUT2D eigenvalue weighted by molar-refractivity contribution is 7.22. The summed E-state index contributed by atoms with van der Waals surface area (Å²) in [5, 5.41) is 3.97. The lowest BCUT2D eigenvalue weighted by atomic mass is 10.1. The number of fused-ring (bicyclic) bond motifs is 1. The van der Waals surface area contributed by atoms with Gasteiger partial charge < -0.3 is 10.1 Å². The molecule has 0 bridgehead atoms. The second kappa shape index (κ2) is 13.9. The van der Waals surface area contributed by atoms with Gasteiger partial charge in [-0.2, -0.15) is 0 Å². The Kier molecular flexibility index (Phi) is 9.75. The molecule has 0 unspecified atom stereocenters. The number of rotatable bonds is 10. The number of benzene rings is 4. The second-order valence-electron chi connectivity index (χ2n) is 10.2. The van der Waals surface area contributed by atoms with E-state index in [-0.39, 0.29) is 19.0 Å². The van der Waals surface area contributed by atoms with Crippen LogP contribution in [-0.4, -0.2) is 22.8 Å². The molecular weight excluding hydrogens is 597 g/mol. The van der Waals surface area contributed by atoms with E-state index in [4.69, 9.17) is 4.74 Å². The van der Waals surface area contributed by atoms with E-state index in [1.165, 1.54) is 32.1 Å². The highest BCUT2D eigenvalue weighted by Gasteiger charge is 2.24. The van der Waals surface area contributed by atoms with Crippen molar-refractivity contribution in [2.24, 2.45) is 0 Å². The van der Waals surface area contributed by atoms with E-state index in [0.717, 1.165) is 28.2 Å². The van der Waals surface area contributed by atoms with Gasteiger partial charge in [-0.3, -0.25) is 9.36 Å². The van der Waals surface area contributed by atoms with Crippen LogP contribution in [0.4, 0.5) is 4.39 Å². The van der Waals surface area contributed by atoms with Crippen molar-refractivity contribution in [2.45, 2.75) is 19.5 Å². The van der Waals surface area contributed by atoms with Crippen LogP contribution < -0.4 is 21.3 Å². The molecule has 0 saturated carbocycles. The van der Waals surface area contributed by atoms with Crippen molar-refractivity contribution >= 4 is 34.0 Å². The minimum atomic E-state index is -0.516. The molecule has 2 aromatic heterocycles. The average molecular weight is 628 g/mol. The van der Waals surface area contributed by atoms with Crippen LogP contribution in [0.3, 0.4) is 0 Å². The van der Waals surface area contributed by atoms with Crippen LogP contribution >= 0.6 is 23.7 Å². The first-order valence-electron chi connectivity index (χ1n) is 14.0. The molecule has 1 N–H and O–H groups in total. The number of halogens is 2. The molecule has 0 radical (unpaired) electrons. The van der Waals surface area contributed by atoms with Gasteiger partial charge in [0.25, 0.3) is 5.56 Å². The summed E-state index contributed by atoms with van der Waals surface area (Å²) in [7, 11) is 1.62. The van der Waals surface area contributed by atoms with E-state index in [1.54, 1.807) is 49.6 Å². The number of para-hydroxylation sites is 1. The Morgan fingerprint density at radius 1 is 0.841 bits per heavy atom. The Morgan fingerprint density at radius 2 is 1.50 bits per heavy atom. The third-order valence-electron chi connectivity index (χ3n) is 7.46. The molecule has 9 heteroatoms. The first kappa shape index (κ1) is 30.9. The lowest BCUT2D eigenvalue weighted by Crippen LogP contribution is -2.39. The largest absolute Gasteiger partial charge is 0.497 e. The summed E-state index contributed by atoms with van der Waals surface area (Å²) in [6, 6.07) is 33.1. The lowest BCUT2D eigenvalue weighted by molar-refractivity contribution is 0.415. The Balaban J connectivity index is 0.00000384. The number of nitrogens with one attached hydrogen (secondary N) is 1. The monoisotopic (exact) mass is 627 g/mol. The van der Waals surface area contributed by atoms with Crippen LogP contribution in [0.2, 0.25) is 0 Å². The third kappa shape index (κ3) is 6.24. The number of hydrogen-bond acceptors (Lipinski definition) is 5. The minimum absolute atomic E-state index is 0. The number of thiophene rings is 1. The van der Waals surface area contributed by atoms with Gasteiger partial charge in [-0.05, 0) is 72.1 Å². The van der Waals surface area contributed by atoms with Gasteiger partial charge in [-0.15, -0.1) is 23.7 Å². The predicted octanol–water partition coefficient (Wildman–Crippen LogP) is 6.83. The zero-order valence-electron chi connectivity index (χ0n) is 24.0. The SMILES string of the molecule is COc1ccc(-c2sc3c(c2CNCCc2ccccc2)c(=O)n(-c2ccccc2)c(=O)n3Cc2ccccc2F)cc1.Cl. The molecule has 0 aliphatic carbocycles. The number of methoxy groups -OCH3 is 1. The van der Waals surface area contributed by atoms with E-state index in [2.05, 4.69) is 17.4 Å². The standard InChI is InChI=1S/C35H30FN3O3S.ClH/c1-42-28-18-16-25(17-19-28)32-29(22-37-21-20-24-10-4-2-5-11-24)31-33(40)39(27-13-6-3-7-14-27)35(41)38(34(31)43-32)23-26-12-8-9-15-30(26)36;/h2-19,37H,20-23H2,1H3;1H. The van der Waals surface area contributed by atoms with Crippen LogP contribution in [-0.2, 0) is 19.5 Å². The molecule has 0 amide bonds. The van der Waals surface area contributed by atoms with Crippen LogP contribution in [0.5, 0.6) is 5.75 Å². The van der Waals surface area contributed by atoms with Gasteiger partial charge in [0.2, 0.25) is 0 Å². The van der Waals surface area contributed by atoms with Gasteiger partial charge in [0, 0.05) is 17.0 Å². The quantitative estimate of drug-likeness (QED) is 0.169. The van der Waals surface area contributed by atoms with Gasteiger partial charge in [0.15, 0.2) is 0 Å². The summed E-state index contributed by atoms with van der Waals surface area (Å²) in [6.07, 6.45) is 0.826. The van der Waals surface area contributed by atoms with Crippen molar-refractivity contribution in [3.8, 4) is 21.9 Å². The van der Waals surface area contributed by atoms with Gasteiger partial charge in [0.1, 0.15) is 16.4 Å². The molecule has 4 aromatic carbocycles. The molecule has 0 saturated heterocycles. The number of hydrogen-bond donors (Lipinski definition) is 1. The van der Waals surface area contributed by atoms with Crippen molar-refractivity contribution in [3.63, 3.8) is 0 Å². The van der Waals surface area contributed by atoms with E-state index in [9.17, 15) is 14.0 Å². The van der Waals surface area contributed by atoms with Crippen molar-refractivity contribution < 1.29 is 9.13 Å². The minimum Gasteiger partial charge on any atom is -0.497 e. The first-order chi connectivity index (χ1) is 21.0. The normalized spacial score (nSPS) is 11.0. The maximum absolute atomic E-state index is 14.9.